The maximum absolute atomic E-state index is 11.2. The molecule has 0 aromatic carbocycles. The molecule has 0 radical (unpaired) electrons. The van der Waals surface area contributed by atoms with Gasteiger partial charge < -0.3 is 9.84 Å². The van der Waals surface area contributed by atoms with Crippen LogP contribution in [0.15, 0.2) is 24.8 Å². The van der Waals surface area contributed by atoms with Crippen LogP contribution in [0.5, 0.6) is 0 Å². The predicted octanol–water partition coefficient (Wildman–Crippen LogP) is 2.42. The van der Waals surface area contributed by atoms with Gasteiger partial charge in [0.25, 0.3) is 0 Å². The second-order valence-corrected chi connectivity index (χ2v) is 2.35. The first-order valence-corrected chi connectivity index (χ1v) is 3.72. The quantitative estimate of drug-likeness (QED) is 0.479. The fourth-order valence-corrected chi connectivity index (χ4v) is 0.277. The van der Waals surface area contributed by atoms with Crippen molar-refractivity contribution in [3.8, 4) is 0 Å². The summed E-state index contributed by atoms with van der Waals surface area (Å²) in [5.41, 5.74) is -1.75. The molecule has 0 rings (SSSR count). The number of halogens is 6. The van der Waals surface area contributed by atoms with Crippen LogP contribution in [0.4, 0.5) is 26.3 Å². The van der Waals surface area contributed by atoms with Gasteiger partial charge in [-0.25, -0.2) is 9.59 Å². The molecule has 0 heterocycles. The van der Waals surface area contributed by atoms with Gasteiger partial charge in [0.2, 0.25) is 0 Å². The monoisotopic (exact) mass is 280 g/mol. The summed E-state index contributed by atoms with van der Waals surface area (Å²) in [4.78, 5) is 19.3. The largest absolute Gasteiger partial charge is 0.575 e. The number of carbonyl (C=O) groups excluding carboxylic acids is 1. The molecule has 4 nitrogen and oxygen atoms in total. The highest BCUT2D eigenvalue weighted by molar-refractivity contribution is 5.87. The Balaban J connectivity index is 0. The Labute approximate surface area is 96.1 Å². The first-order chi connectivity index (χ1) is 7.81. The molecule has 0 bridgehead atoms. The SMILES string of the molecule is C=C(C(=O)O)C(F)(F)F.C=CC(=O)OC(F)(F)F. The Morgan fingerprint density at radius 3 is 1.56 bits per heavy atom. The van der Waals surface area contributed by atoms with Crippen molar-refractivity contribution in [3.63, 3.8) is 0 Å². The van der Waals surface area contributed by atoms with Gasteiger partial charge in [-0.2, -0.15) is 13.2 Å². The van der Waals surface area contributed by atoms with Crippen LogP contribution in [0.25, 0.3) is 0 Å². The summed E-state index contributed by atoms with van der Waals surface area (Å²) in [5.74, 6) is -3.54. The van der Waals surface area contributed by atoms with Crippen molar-refractivity contribution in [2.75, 3.05) is 0 Å². The topological polar surface area (TPSA) is 63.6 Å². The van der Waals surface area contributed by atoms with Gasteiger partial charge >= 0.3 is 24.5 Å². The second-order valence-electron chi connectivity index (χ2n) is 2.35. The molecule has 0 aromatic heterocycles. The zero-order valence-electron chi connectivity index (χ0n) is 8.43. The number of ether oxygens (including phenoxy) is 1. The van der Waals surface area contributed by atoms with E-state index in [0.717, 1.165) is 0 Å². The second kappa shape index (κ2) is 6.67. The first-order valence-electron chi connectivity index (χ1n) is 3.72. The highest BCUT2D eigenvalue weighted by Crippen LogP contribution is 2.23. The maximum atomic E-state index is 11.2. The lowest BCUT2D eigenvalue weighted by Crippen LogP contribution is -2.18. The van der Waals surface area contributed by atoms with Crippen LogP contribution >= 0.6 is 0 Å². The van der Waals surface area contributed by atoms with Crippen LogP contribution in [0.1, 0.15) is 0 Å². The molecule has 1 N–H and O–H groups in total. The number of carbonyl (C=O) groups is 2. The molecule has 0 unspecified atom stereocenters. The van der Waals surface area contributed by atoms with Crippen LogP contribution in [0, 0.1) is 0 Å². The molecule has 0 aliphatic rings. The normalized spacial score (nSPS) is 10.8. The van der Waals surface area contributed by atoms with Gasteiger partial charge in [-0.1, -0.05) is 13.2 Å². The number of hydrogen-bond donors (Lipinski definition) is 1. The highest BCUT2D eigenvalue weighted by atomic mass is 19.4. The van der Waals surface area contributed by atoms with E-state index in [4.69, 9.17) is 5.11 Å². The summed E-state index contributed by atoms with van der Waals surface area (Å²) < 4.78 is 69.5. The smallest absolute Gasteiger partial charge is 0.478 e. The number of aliphatic carboxylic acids is 1. The molecule has 0 aliphatic heterocycles. The zero-order valence-corrected chi connectivity index (χ0v) is 8.43. The van der Waals surface area contributed by atoms with Crippen LogP contribution < -0.4 is 0 Å². The van der Waals surface area contributed by atoms with Crippen molar-refractivity contribution in [2.45, 2.75) is 12.5 Å². The number of rotatable bonds is 2. The lowest BCUT2D eigenvalue weighted by Gasteiger charge is -2.02. The molecule has 0 fully saturated rings. The Morgan fingerprint density at radius 2 is 1.50 bits per heavy atom. The molecular weight excluding hydrogens is 274 g/mol. The van der Waals surface area contributed by atoms with Crippen molar-refractivity contribution in [1.82, 2.24) is 0 Å². The molecule has 0 saturated carbocycles. The summed E-state index contributed by atoms with van der Waals surface area (Å²) in [5, 5.41) is 7.70. The van der Waals surface area contributed by atoms with E-state index in [1.165, 1.54) is 0 Å². The lowest BCUT2D eigenvalue weighted by atomic mass is 10.3. The van der Waals surface area contributed by atoms with Gasteiger partial charge in [-0.15, -0.1) is 13.2 Å². The molecule has 0 aliphatic carbocycles. The van der Waals surface area contributed by atoms with Crippen LogP contribution in [-0.2, 0) is 14.3 Å². The molecule has 0 saturated heterocycles. The number of esters is 1. The summed E-state index contributed by atoms with van der Waals surface area (Å²) in [6.07, 6.45) is -9.27. The fourth-order valence-electron chi connectivity index (χ4n) is 0.277. The molecule has 0 aromatic rings. The van der Waals surface area contributed by atoms with E-state index in [-0.39, 0.29) is 0 Å². The van der Waals surface area contributed by atoms with Gasteiger partial charge in [0.05, 0.1) is 0 Å². The molecule has 0 amide bonds. The Hall–Kier alpha value is -2.00. The van der Waals surface area contributed by atoms with E-state index < -0.39 is 30.1 Å². The third-order valence-corrected chi connectivity index (χ3v) is 0.983. The Kier molecular flexibility index (Phi) is 6.80. The van der Waals surface area contributed by atoms with Gasteiger partial charge in [0.15, 0.2) is 0 Å². The molecular formula is C8H6F6O4. The fraction of sp³-hybridized carbons (Fsp3) is 0.250. The van der Waals surface area contributed by atoms with E-state index in [2.05, 4.69) is 17.9 Å². The van der Waals surface area contributed by atoms with Crippen LogP contribution in [0.2, 0.25) is 0 Å². The van der Waals surface area contributed by atoms with Gasteiger partial charge in [-0.05, 0) is 0 Å². The van der Waals surface area contributed by atoms with Crippen LogP contribution in [-0.4, -0.2) is 29.6 Å². The third kappa shape index (κ3) is 10.5. The molecule has 10 heteroatoms. The molecule has 0 spiro atoms. The standard InChI is InChI=1S/2C4H3F3O2/c1-2-3(8)9-4(5,6)7;1-2(3(8)9)4(5,6)7/h2H,1H2;1H2,(H,8,9). The average molecular weight is 280 g/mol. The van der Waals surface area contributed by atoms with E-state index >= 15 is 0 Å². The Bertz CT molecular complexity index is 338. The first kappa shape index (κ1) is 18.4. The van der Waals surface area contributed by atoms with Gasteiger partial charge in [0, 0.05) is 6.08 Å². The Morgan fingerprint density at radius 1 is 1.11 bits per heavy atom. The van der Waals surface area contributed by atoms with Crippen molar-refractivity contribution >= 4 is 11.9 Å². The van der Waals surface area contributed by atoms with Crippen LogP contribution in [0.3, 0.4) is 0 Å². The zero-order chi connectivity index (χ0) is 15.1. The van der Waals surface area contributed by atoms with Crippen molar-refractivity contribution < 1.29 is 45.8 Å². The molecule has 18 heavy (non-hydrogen) atoms. The molecule has 0 atom stereocenters. The van der Waals surface area contributed by atoms with E-state index in [0.29, 0.717) is 6.08 Å². The number of carboxylic acid groups (broad SMARTS) is 1. The summed E-state index contributed by atoms with van der Waals surface area (Å²) in [6, 6.07) is 0. The minimum Gasteiger partial charge on any atom is -0.478 e. The van der Waals surface area contributed by atoms with Crippen molar-refractivity contribution in [1.29, 1.82) is 0 Å². The van der Waals surface area contributed by atoms with Crippen molar-refractivity contribution in [3.05, 3.63) is 24.8 Å². The number of alkyl halides is 6. The maximum Gasteiger partial charge on any atom is 0.575 e. The van der Waals surface area contributed by atoms with Crippen molar-refractivity contribution in [2.24, 2.45) is 0 Å². The number of hydrogen-bond acceptors (Lipinski definition) is 3. The van der Waals surface area contributed by atoms with Gasteiger partial charge in [-0.3, -0.25) is 0 Å². The average Bonchev–Trinajstić information content (AvgIpc) is 2.13. The highest BCUT2D eigenvalue weighted by Gasteiger charge is 2.36. The summed E-state index contributed by atoms with van der Waals surface area (Å²) >= 11 is 0. The third-order valence-electron chi connectivity index (χ3n) is 0.983. The minimum atomic E-state index is -4.90. The van der Waals surface area contributed by atoms with E-state index in [1.54, 1.807) is 0 Å². The summed E-state index contributed by atoms with van der Waals surface area (Å²) in [6.45, 7) is 5.07. The number of carboxylic acids is 1. The summed E-state index contributed by atoms with van der Waals surface area (Å²) in [7, 11) is 0. The lowest BCUT2D eigenvalue weighted by molar-refractivity contribution is -0.302. The minimum absolute atomic E-state index is 0.438. The van der Waals surface area contributed by atoms with E-state index in [9.17, 15) is 35.9 Å². The van der Waals surface area contributed by atoms with Gasteiger partial charge in [0.1, 0.15) is 5.57 Å². The van der Waals surface area contributed by atoms with E-state index in [1.807, 2.05) is 0 Å². The predicted molar refractivity (Wildman–Crippen MR) is 45.2 cm³/mol. The molecule has 104 valence electrons.